The Morgan fingerprint density at radius 3 is 2.59 bits per heavy atom. The molecule has 6 heteroatoms. The van der Waals surface area contributed by atoms with Crippen molar-refractivity contribution in [2.45, 2.75) is 63.1 Å². The molecule has 0 radical (unpaired) electrons. The predicted molar refractivity (Wildman–Crippen MR) is 78.6 cm³/mol. The Bertz CT molecular complexity index is 495. The van der Waals surface area contributed by atoms with Crippen molar-refractivity contribution in [2.75, 3.05) is 0 Å². The Morgan fingerprint density at radius 2 is 1.86 bits per heavy atom. The minimum Gasteiger partial charge on any atom is -0.390 e. The number of nitrogens with one attached hydrogen (secondary N) is 1. The Hall–Kier alpha value is -1.02. The highest BCUT2D eigenvalue weighted by atomic mass is 16.8. The average Bonchev–Trinajstić information content (AvgIpc) is 2.81. The van der Waals surface area contributed by atoms with Crippen molar-refractivity contribution in [1.82, 2.24) is 5.48 Å². The van der Waals surface area contributed by atoms with Gasteiger partial charge in [-0.1, -0.05) is 30.3 Å². The molecular formula is C16H23NO5. The summed E-state index contributed by atoms with van der Waals surface area (Å²) in [5.74, 6) is -0.778. The van der Waals surface area contributed by atoms with Gasteiger partial charge in [-0.2, -0.15) is 5.48 Å². The molecule has 1 aromatic rings. The highest BCUT2D eigenvalue weighted by molar-refractivity contribution is 5.13. The lowest BCUT2D eigenvalue weighted by Crippen LogP contribution is -2.58. The molecule has 3 rings (SSSR count). The van der Waals surface area contributed by atoms with Crippen LogP contribution in [0.15, 0.2) is 30.3 Å². The average molecular weight is 309 g/mol. The van der Waals surface area contributed by atoms with Crippen molar-refractivity contribution in [3.05, 3.63) is 35.9 Å². The molecule has 1 aliphatic carbocycles. The fourth-order valence-electron chi connectivity index (χ4n) is 3.07. The van der Waals surface area contributed by atoms with Crippen LogP contribution in [0, 0.1) is 0 Å². The number of fused-ring (bicyclic) bond motifs is 1. The second kappa shape index (κ2) is 6.23. The second-order valence-corrected chi connectivity index (χ2v) is 6.36. The zero-order valence-corrected chi connectivity index (χ0v) is 12.8. The van der Waals surface area contributed by atoms with Crippen molar-refractivity contribution in [2.24, 2.45) is 0 Å². The molecule has 2 fully saturated rings. The lowest BCUT2D eigenvalue weighted by molar-refractivity contribution is -0.159. The van der Waals surface area contributed by atoms with Gasteiger partial charge >= 0.3 is 0 Å². The number of aliphatic hydroxyl groups is 2. The molecule has 0 unspecified atom stereocenters. The Balaban J connectivity index is 1.60. The highest BCUT2D eigenvalue weighted by Crippen LogP contribution is 2.37. The SMILES string of the molecule is CC1(C)O[C@@H]2[C@@H](O)[C@H](O)C[C@H](NOCc3ccccc3)[C@@H]2O1. The van der Waals surface area contributed by atoms with E-state index in [1.807, 2.05) is 30.3 Å². The zero-order valence-electron chi connectivity index (χ0n) is 12.8. The summed E-state index contributed by atoms with van der Waals surface area (Å²) < 4.78 is 11.6. The Kier molecular flexibility index (Phi) is 4.49. The van der Waals surface area contributed by atoms with Crippen LogP contribution in [0.4, 0.5) is 0 Å². The Labute approximate surface area is 130 Å². The van der Waals surface area contributed by atoms with Crippen LogP contribution in [0.3, 0.4) is 0 Å². The summed E-state index contributed by atoms with van der Waals surface area (Å²) in [6.45, 7) is 4.01. The van der Waals surface area contributed by atoms with Crippen molar-refractivity contribution in [3.8, 4) is 0 Å². The van der Waals surface area contributed by atoms with Crippen LogP contribution in [0.25, 0.3) is 0 Å². The van der Waals surface area contributed by atoms with Gasteiger partial charge in [0.15, 0.2) is 5.79 Å². The first-order chi connectivity index (χ1) is 10.5. The van der Waals surface area contributed by atoms with Gasteiger partial charge in [-0.15, -0.1) is 0 Å². The Morgan fingerprint density at radius 1 is 1.18 bits per heavy atom. The molecule has 3 N–H and O–H groups in total. The zero-order chi connectivity index (χ0) is 15.7. The van der Waals surface area contributed by atoms with Crippen LogP contribution in [-0.2, 0) is 20.9 Å². The molecule has 2 aliphatic rings. The summed E-state index contributed by atoms with van der Waals surface area (Å²) in [6.07, 6.45) is -2.38. The molecule has 22 heavy (non-hydrogen) atoms. The van der Waals surface area contributed by atoms with Crippen molar-refractivity contribution < 1.29 is 24.5 Å². The summed E-state index contributed by atoms with van der Waals surface area (Å²) >= 11 is 0. The molecule has 1 saturated carbocycles. The highest BCUT2D eigenvalue weighted by Gasteiger charge is 2.53. The van der Waals surface area contributed by atoms with Gasteiger partial charge in [0.25, 0.3) is 0 Å². The van der Waals surface area contributed by atoms with Crippen molar-refractivity contribution >= 4 is 0 Å². The summed E-state index contributed by atoms with van der Waals surface area (Å²) in [6, 6.07) is 9.56. The van der Waals surface area contributed by atoms with Crippen molar-refractivity contribution in [1.29, 1.82) is 0 Å². The van der Waals surface area contributed by atoms with E-state index in [1.54, 1.807) is 13.8 Å². The molecule has 1 aliphatic heterocycles. The third kappa shape index (κ3) is 3.32. The fourth-order valence-corrected chi connectivity index (χ4v) is 3.07. The van der Waals surface area contributed by atoms with E-state index in [-0.39, 0.29) is 12.1 Å². The number of hydroxylamine groups is 1. The van der Waals surface area contributed by atoms with Gasteiger partial charge in [0, 0.05) is 0 Å². The maximum Gasteiger partial charge on any atom is 0.163 e. The molecule has 0 bridgehead atoms. The standard InChI is InChI=1S/C16H23NO5/c1-16(2)21-14-11(8-12(18)13(19)15(14)22-16)17-20-9-10-6-4-3-5-7-10/h3-7,11-15,17-19H,8-9H2,1-2H3/t11-,12+,13-,14-,15+/m0/s1. The fraction of sp³-hybridized carbons (Fsp3) is 0.625. The molecule has 0 spiro atoms. The maximum atomic E-state index is 10.1. The van der Waals surface area contributed by atoms with Crippen molar-refractivity contribution in [3.63, 3.8) is 0 Å². The molecule has 0 amide bonds. The third-order valence-corrected chi connectivity index (χ3v) is 4.10. The van der Waals surface area contributed by atoms with E-state index in [0.717, 1.165) is 5.56 Å². The van der Waals surface area contributed by atoms with Crippen LogP contribution in [0.1, 0.15) is 25.8 Å². The first kappa shape index (κ1) is 15.9. The molecule has 122 valence electrons. The van der Waals surface area contributed by atoms with Gasteiger partial charge < -0.3 is 19.7 Å². The third-order valence-electron chi connectivity index (χ3n) is 4.10. The summed E-state index contributed by atoms with van der Waals surface area (Å²) in [7, 11) is 0. The van der Waals surface area contributed by atoms with Gasteiger partial charge in [0.1, 0.15) is 18.3 Å². The van der Waals surface area contributed by atoms with Gasteiger partial charge in [-0.25, -0.2) is 0 Å². The number of hydrogen-bond donors (Lipinski definition) is 3. The number of benzene rings is 1. The van der Waals surface area contributed by atoms with Crippen LogP contribution in [-0.4, -0.2) is 46.5 Å². The van der Waals surface area contributed by atoms with E-state index < -0.39 is 24.1 Å². The number of hydrogen-bond acceptors (Lipinski definition) is 6. The van der Waals surface area contributed by atoms with E-state index in [9.17, 15) is 10.2 Å². The molecule has 0 aromatic heterocycles. The first-order valence-corrected chi connectivity index (χ1v) is 7.59. The normalized spacial score (nSPS) is 37.0. The van der Waals surface area contributed by atoms with Crippen LogP contribution in [0.2, 0.25) is 0 Å². The summed E-state index contributed by atoms with van der Waals surface area (Å²) in [5, 5.41) is 20.1. The first-order valence-electron chi connectivity index (χ1n) is 7.59. The van der Waals surface area contributed by atoms with E-state index in [2.05, 4.69) is 5.48 Å². The smallest absolute Gasteiger partial charge is 0.163 e. The van der Waals surface area contributed by atoms with Crippen LogP contribution in [0.5, 0.6) is 0 Å². The number of rotatable bonds is 4. The summed E-state index contributed by atoms with van der Waals surface area (Å²) in [5.41, 5.74) is 4.00. The largest absolute Gasteiger partial charge is 0.390 e. The topological polar surface area (TPSA) is 80.2 Å². The number of ether oxygens (including phenoxy) is 2. The number of aliphatic hydroxyl groups excluding tert-OH is 2. The van der Waals surface area contributed by atoms with Crippen LogP contribution < -0.4 is 5.48 Å². The van der Waals surface area contributed by atoms with Gasteiger partial charge in [-0.05, 0) is 25.8 Å². The monoisotopic (exact) mass is 309 g/mol. The second-order valence-electron chi connectivity index (χ2n) is 6.36. The minimum absolute atomic E-state index is 0.242. The van der Waals surface area contributed by atoms with E-state index in [1.165, 1.54) is 0 Å². The van der Waals surface area contributed by atoms with E-state index in [0.29, 0.717) is 13.0 Å². The predicted octanol–water partition coefficient (Wildman–Crippen LogP) is 0.722. The molecule has 1 aromatic carbocycles. The van der Waals surface area contributed by atoms with Crippen LogP contribution >= 0.6 is 0 Å². The van der Waals surface area contributed by atoms with Gasteiger partial charge in [-0.3, -0.25) is 4.84 Å². The lowest BCUT2D eigenvalue weighted by atomic mass is 9.86. The van der Waals surface area contributed by atoms with E-state index in [4.69, 9.17) is 14.3 Å². The summed E-state index contributed by atoms with van der Waals surface area (Å²) in [4.78, 5) is 5.54. The molecular weight excluding hydrogens is 286 g/mol. The van der Waals surface area contributed by atoms with E-state index >= 15 is 0 Å². The maximum absolute atomic E-state index is 10.1. The van der Waals surface area contributed by atoms with Gasteiger partial charge in [0.2, 0.25) is 0 Å². The molecule has 1 saturated heterocycles. The molecule has 5 atom stereocenters. The quantitative estimate of drug-likeness (QED) is 0.711. The molecule has 6 nitrogen and oxygen atoms in total. The molecule has 1 heterocycles. The lowest BCUT2D eigenvalue weighted by Gasteiger charge is -2.37. The minimum atomic E-state index is -0.945. The van der Waals surface area contributed by atoms with Gasteiger partial charge in [0.05, 0.1) is 18.8 Å².